The lowest BCUT2D eigenvalue weighted by Crippen LogP contribution is -2.48. The highest BCUT2D eigenvalue weighted by Gasteiger charge is 2.42. The Labute approximate surface area is 213 Å². The second-order valence-electron chi connectivity index (χ2n) is 9.93. The molecule has 8 nitrogen and oxygen atoms in total. The quantitative estimate of drug-likeness (QED) is 0.544. The summed E-state index contributed by atoms with van der Waals surface area (Å²) in [6, 6.07) is 6.05. The second kappa shape index (κ2) is 9.78. The molecular weight excluding hydrogens is 485 g/mol. The number of halogens is 2. The summed E-state index contributed by atoms with van der Waals surface area (Å²) < 4.78 is 20.3. The van der Waals surface area contributed by atoms with Crippen molar-refractivity contribution < 1.29 is 18.7 Å². The average Bonchev–Trinajstić information content (AvgIpc) is 3.27. The van der Waals surface area contributed by atoms with Crippen LogP contribution in [0.5, 0.6) is 0 Å². The van der Waals surface area contributed by atoms with Crippen LogP contribution in [0.2, 0.25) is 5.02 Å². The highest BCUT2D eigenvalue weighted by Crippen LogP contribution is 2.46. The number of rotatable bonds is 5. The van der Waals surface area contributed by atoms with Crippen molar-refractivity contribution in [3.8, 4) is 0 Å². The van der Waals surface area contributed by atoms with Crippen LogP contribution in [0.25, 0.3) is 5.65 Å². The third-order valence-corrected chi connectivity index (χ3v) is 7.82. The maximum absolute atomic E-state index is 13.4. The summed E-state index contributed by atoms with van der Waals surface area (Å²) in [6.45, 7) is 2.83. The molecule has 1 N–H and O–H groups in total. The smallest absolute Gasteiger partial charge is 0.256 e. The number of methoxy groups -OCH3 is 1. The van der Waals surface area contributed by atoms with Gasteiger partial charge in [0.2, 0.25) is 5.91 Å². The van der Waals surface area contributed by atoms with E-state index >= 15 is 0 Å². The topological polar surface area (TPSA) is 88.8 Å². The summed E-state index contributed by atoms with van der Waals surface area (Å²) in [6.07, 6.45) is 6.17. The molecule has 1 saturated heterocycles. The Balaban J connectivity index is 1.22. The van der Waals surface area contributed by atoms with Crippen molar-refractivity contribution in [1.82, 2.24) is 19.9 Å². The van der Waals surface area contributed by atoms with Crippen molar-refractivity contribution in [3.05, 3.63) is 58.3 Å². The molecule has 0 atom stereocenters. The summed E-state index contributed by atoms with van der Waals surface area (Å²) in [7, 11) is 1.61. The number of aromatic nitrogens is 3. The Bertz CT molecular complexity index is 1320. The van der Waals surface area contributed by atoms with E-state index in [-0.39, 0.29) is 28.3 Å². The van der Waals surface area contributed by atoms with E-state index in [9.17, 15) is 14.0 Å². The number of fused-ring (bicyclic) bond motifs is 1. The zero-order valence-corrected chi connectivity index (χ0v) is 21.1. The van der Waals surface area contributed by atoms with Gasteiger partial charge >= 0.3 is 0 Å². The summed E-state index contributed by atoms with van der Waals surface area (Å²) in [5.41, 5.74) is 3.07. The molecule has 1 saturated carbocycles. The molecular formula is C26H29ClFN5O3. The molecule has 190 valence electrons. The number of nitrogens with zero attached hydrogens (tertiary/aromatic N) is 4. The number of nitrogens with one attached hydrogen (secondary N) is 1. The highest BCUT2D eigenvalue weighted by molar-refractivity contribution is 6.33. The van der Waals surface area contributed by atoms with Gasteiger partial charge in [0.15, 0.2) is 5.65 Å². The summed E-state index contributed by atoms with van der Waals surface area (Å²) in [5.74, 6) is -0.600. The van der Waals surface area contributed by atoms with Crippen LogP contribution in [0.4, 0.5) is 10.1 Å². The molecule has 10 heteroatoms. The van der Waals surface area contributed by atoms with Crippen LogP contribution in [0, 0.1) is 18.2 Å². The van der Waals surface area contributed by atoms with E-state index in [1.807, 2.05) is 13.0 Å². The van der Waals surface area contributed by atoms with E-state index in [0.717, 1.165) is 43.5 Å². The van der Waals surface area contributed by atoms with E-state index in [1.54, 1.807) is 28.8 Å². The second-order valence-corrected chi connectivity index (χ2v) is 10.3. The van der Waals surface area contributed by atoms with E-state index in [2.05, 4.69) is 15.4 Å². The molecule has 1 aliphatic carbocycles. The minimum atomic E-state index is -0.421. The van der Waals surface area contributed by atoms with Crippen LogP contribution in [-0.2, 0) is 16.1 Å². The minimum absolute atomic E-state index is 0.0110. The molecule has 0 radical (unpaired) electrons. The highest BCUT2D eigenvalue weighted by atomic mass is 35.5. The van der Waals surface area contributed by atoms with Gasteiger partial charge in [0, 0.05) is 31.8 Å². The first kappa shape index (κ1) is 24.6. The van der Waals surface area contributed by atoms with E-state index < -0.39 is 5.82 Å². The van der Waals surface area contributed by atoms with Crippen LogP contribution >= 0.6 is 11.6 Å². The Morgan fingerprint density at radius 1 is 1.28 bits per heavy atom. The lowest BCUT2D eigenvalue weighted by Gasteiger charge is -2.45. The molecule has 3 heterocycles. The molecule has 0 bridgehead atoms. The first-order valence-corrected chi connectivity index (χ1v) is 12.6. The number of anilines is 1. The predicted molar refractivity (Wildman–Crippen MR) is 134 cm³/mol. The lowest BCUT2D eigenvalue weighted by molar-refractivity contribution is -0.123. The molecule has 1 aromatic carbocycles. The van der Waals surface area contributed by atoms with Crippen LogP contribution in [0.3, 0.4) is 0 Å². The molecule has 36 heavy (non-hydrogen) atoms. The van der Waals surface area contributed by atoms with Crippen LogP contribution in [-0.4, -0.2) is 46.1 Å². The number of hydrogen-bond acceptors (Lipinski definition) is 5. The van der Waals surface area contributed by atoms with Gasteiger partial charge in [-0.3, -0.25) is 9.59 Å². The number of hydrogen-bond donors (Lipinski definition) is 1. The van der Waals surface area contributed by atoms with E-state index in [4.69, 9.17) is 16.3 Å². The first-order chi connectivity index (χ1) is 17.3. The predicted octanol–water partition coefficient (Wildman–Crippen LogP) is 4.46. The number of piperidine rings is 1. The number of carbonyl (C=O) groups excluding carboxylic acids is 2. The molecule has 1 spiro atoms. The van der Waals surface area contributed by atoms with Gasteiger partial charge < -0.3 is 15.0 Å². The Hall–Kier alpha value is -3.04. The minimum Gasteiger partial charge on any atom is -0.378 e. The van der Waals surface area contributed by atoms with Crippen LogP contribution in [0.1, 0.15) is 60.3 Å². The van der Waals surface area contributed by atoms with Gasteiger partial charge in [0.05, 0.1) is 29.2 Å². The SMILES string of the molecule is COCc1cc(C)n2ncc(C(=O)NC3CCC4(CC3)CCN(c3ccc(F)cc3Cl)C(=O)C4)c2n1. The Kier molecular flexibility index (Phi) is 6.70. The third-order valence-electron chi connectivity index (χ3n) is 7.51. The molecule has 2 aromatic heterocycles. The van der Waals surface area contributed by atoms with Gasteiger partial charge in [-0.25, -0.2) is 13.9 Å². The number of aryl methyl sites for hydroxylation is 1. The number of ether oxygens (including phenoxy) is 1. The van der Waals surface area contributed by atoms with Crippen molar-refractivity contribution in [1.29, 1.82) is 0 Å². The van der Waals surface area contributed by atoms with Crippen LogP contribution in [0.15, 0.2) is 30.5 Å². The molecule has 2 amide bonds. The zero-order valence-electron chi connectivity index (χ0n) is 20.4. The van der Waals surface area contributed by atoms with Gasteiger partial charge in [-0.1, -0.05) is 11.6 Å². The van der Waals surface area contributed by atoms with Gasteiger partial charge in [-0.05, 0) is 68.7 Å². The van der Waals surface area contributed by atoms with Crippen molar-refractivity contribution in [2.45, 2.75) is 58.1 Å². The molecule has 2 fully saturated rings. The Morgan fingerprint density at radius 2 is 2.06 bits per heavy atom. The largest absolute Gasteiger partial charge is 0.378 e. The van der Waals surface area contributed by atoms with E-state index in [0.29, 0.717) is 36.5 Å². The molecule has 2 aliphatic rings. The maximum Gasteiger partial charge on any atom is 0.256 e. The normalized spacial score (nSPS) is 22.4. The van der Waals surface area contributed by atoms with Crippen LogP contribution < -0.4 is 10.2 Å². The molecule has 5 rings (SSSR count). The number of amides is 2. The molecule has 3 aromatic rings. The number of carbonyl (C=O) groups is 2. The average molecular weight is 514 g/mol. The van der Waals surface area contributed by atoms with Crippen molar-refractivity contribution in [2.24, 2.45) is 5.41 Å². The molecule has 1 aliphatic heterocycles. The summed E-state index contributed by atoms with van der Waals surface area (Å²) in [4.78, 5) is 32.4. The van der Waals surface area contributed by atoms with Gasteiger partial charge in [-0.15, -0.1) is 0 Å². The first-order valence-electron chi connectivity index (χ1n) is 12.2. The Morgan fingerprint density at radius 3 is 2.75 bits per heavy atom. The van der Waals surface area contributed by atoms with Gasteiger partial charge in [0.25, 0.3) is 5.91 Å². The fraction of sp³-hybridized carbons (Fsp3) is 0.462. The van der Waals surface area contributed by atoms with Crippen molar-refractivity contribution >= 4 is 34.7 Å². The number of benzene rings is 1. The fourth-order valence-electron chi connectivity index (χ4n) is 5.56. The van der Waals surface area contributed by atoms with Crippen molar-refractivity contribution in [2.75, 3.05) is 18.6 Å². The lowest BCUT2D eigenvalue weighted by atomic mass is 9.66. The van der Waals surface area contributed by atoms with Crippen molar-refractivity contribution in [3.63, 3.8) is 0 Å². The summed E-state index contributed by atoms with van der Waals surface area (Å²) >= 11 is 6.19. The molecule has 0 unspecified atom stereocenters. The summed E-state index contributed by atoms with van der Waals surface area (Å²) in [5, 5.41) is 7.73. The third kappa shape index (κ3) is 4.69. The monoisotopic (exact) mass is 513 g/mol. The van der Waals surface area contributed by atoms with Gasteiger partial charge in [-0.2, -0.15) is 5.10 Å². The maximum atomic E-state index is 13.4. The van der Waals surface area contributed by atoms with E-state index in [1.165, 1.54) is 12.1 Å². The van der Waals surface area contributed by atoms with Gasteiger partial charge in [0.1, 0.15) is 11.4 Å². The fourth-order valence-corrected chi connectivity index (χ4v) is 5.83. The zero-order chi connectivity index (χ0) is 25.4. The standard InChI is InChI=1S/C26H29ClFN5O3/c1-16-11-19(15-36-2)30-24-20(14-29-33(16)24)25(35)31-18-5-7-26(8-6-18)9-10-32(23(34)13-26)22-4-3-17(28)12-21(22)27/h3-4,11-12,14,18H,5-10,13,15H2,1-2H3,(H,31,35).